The van der Waals surface area contributed by atoms with Crippen LogP contribution in [-0.4, -0.2) is 36.7 Å². The smallest absolute Gasteiger partial charge is 0.0872 e. The Labute approximate surface area is 84.7 Å². The van der Waals surface area contributed by atoms with Crippen LogP contribution in [0, 0.1) is 0 Å². The van der Waals surface area contributed by atoms with Gasteiger partial charge in [-0.25, -0.2) is 4.39 Å². The van der Waals surface area contributed by atoms with Crippen LogP contribution in [0.4, 0.5) is 4.39 Å². The lowest BCUT2D eigenvalue weighted by atomic mass is 9.94. The molecule has 0 unspecified atom stereocenters. The molecule has 2 aliphatic heterocycles. The highest BCUT2D eigenvalue weighted by Gasteiger charge is 2.46. The van der Waals surface area contributed by atoms with Gasteiger partial charge in [0.05, 0.1) is 12.9 Å². The van der Waals surface area contributed by atoms with Crippen LogP contribution in [-0.2, 0) is 4.74 Å². The number of halogens is 1. The summed E-state index contributed by atoms with van der Waals surface area (Å²) in [6.07, 6.45) is 4.03. The van der Waals surface area contributed by atoms with Gasteiger partial charge in [-0.1, -0.05) is 0 Å². The number of fused-ring (bicyclic) bond motifs is 1. The SMILES string of the molecule is CCOC[C@@]12CCCN1C/C(=C/F)C2. The summed E-state index contributed by atoms with van der Waals surface area (Å²) in [5.74, 6) is 0. The summed E-state index contributed by atoms with van der Waals surface area (Å²) in [6, 6.07) is 0. The quantitative estimate of drug-likeness (QED) is 0.690. The zero-order valence-corrected chi connectivity index (χ0v) is 8.76. The number of ether oxygens (including phenoxy) is 1. The molecular formula is C11H18FNO. The van der Waals surface area contributed by atoms with E-state index in [9.17, 15) is 4.39 Å². The minimum absolute atomic E-state index is 0.133. The topological polar surface area (TPSA) is 12.5 Å². The molecule has 0 radical (unpaired) electrons. The molecule has 2 aliphatic rings. The van der Waals surface area contributed by atoms with Crippen molar-refractivity contribution >= 4 is 0 Å². The van der Waals surface area contributed by atoms with Crippen LogP contribution in [0.1, 0.15) is 26.2 Å². The molecule has 14 heavy (non-hydrogen) atoms. The zero-order chi connectivity index (χ0) is 10.0. The molecule has 3 heteroatoms. The van der Waals surface area contributed by atoms with Gasteiger partial charge in [0.2, 0.25) is 0 Å². The van der Waals surface area contributed by atoms with E-state index in [-0.39, 0.29) is 5.54 Å². The van der Waals surface area contributed by atoms with Crippen molar-refractivity contribution in [2.75, 3.05) is 26.3 Å². The molecule has 0 amide bonds. The van der Waals surface area contributed by atoms with Crippen LogP contribution >= 0.6 is 0 Å². The van der Waals surface area contributed by atoms with Crippen LogP contribution in [0.15, 0.2) is 11.9 Å². The normalized spacial score (nSPS) is 35.4. The van der Waals surface area contributed by atoms with E-state index in [1.807, 2.05) is 6.92 Å². The van der Waals surface area contributed by atoms with Crippen LogP contribution in [0.3, 0.4) is 0 Å². The van der Waals surface area contributed by atoms with Gasteiger partial charge in [0.25, 0.3) is 0 Å². The fourth-order valence-corrected chi connectivity index (χ4v) is 2.74. The van der Waals surface area contributed by atoms with E-state index >= 15 is 0 Å². The van der Waals surface area contributed by atoms with Crippen molar-refractivity contribution in [1.29, 1.82) is 0 Å². The fraction of sp³-hybridized carbons (Fsp3) is 0.818. The summed E-state index contributed by atoms with van der Waals surface area (Å²) in [5.41, 5.74) is 1.07. The molecule has 2 saturated heterocycles. The summed E-state index contributed by atoms with van der Waals surface area (Å²) in [7, 11) is 0. The van der Waals surface area contributed by atoms with Gasteiger partial charge in [0, 0.05) is 18.7 Å². The van der Waals surface area contributed by atoms with Gasteiger partial charge < -0.3 is 4.74 Å². The van der Waals surface area contributed by atoms with Gasteiger partial charge in [-0.2, -0.15) is 0 Å². The minimum Gasteiger partial charge on any atom is -0.380 e. The molecule has 0 aliphatic carbocycles. The molecular weight excluding hydrogens is 181 g/mol. The highest BCUT2D eigenvalue weighted by atomic mass is 19.1. The lowest BCUT2D eigenvalue weighted by Crippen LogP contribution is -2.42. The largest absolute Gasteiger partial charge is 0.380 e. The Kier molecular flexibility index (Phi) is 2.88. The molecule has 0 aromatic carbocycles. The fourth-order valence-electron chi connectivity index (χ4n) is 2.74. The Balaban J connectivity index is 2.06. The third kappa shape index (κ3) is 1.59. The van der Waals surface area contributed by atoms with Gasteiger partial charge in [0.1, 0.15) is 0 Å². The van der Waals surface area contributed by atoms with Gasteiger partial charge >= 0.3 is 0 Å². The summed E-state index contributed by atoms with van der Waals surface area (Å²) >= 11 is 0. The highest BCUT2D eigenvalue weighted by molar-refractivity contribution is 5.19. The van der Waals surface area contributed by atoms with E-state index in [0.29, 0.717) is 0 Å². The van der Waals surface area contributed by atoms with E-state index in [4.69, 9.17) is 4.74 Å². The van der Waals surface area contributed by atoms with Gasteiger partial charge in [-0.05, 0) is 38.3 Å². The van der Waals surface area contributed by atoms with Crippen molar-refractivity contribution in [2.24, 2.45) is 0 Å². The third-order valence-corrected chi connectivity index (χ3v) is 3.42. The lowest BCUT2D eigenvalue weighted by molar-refractivity contribution is 0.0418. The molecule has 0 spiro atoms. The molecule has 1 atom stereocenters. The van der Waals surface area contributed by atoms with Crippen molar-refractivity contribution < 1.29 is 9.13 Å². The number of hydrogen-bond acceptors (Lipinski definition) is 2. The molecule has 0 N–H and O–H groups in total. The maximum Gasteiger partial charge on any atom is 0.0872 e. The van der Waals surface area contributed by atoms with Gasteiger partial charge in [-0.15, -0.1) is 0 Å². The Bertz CT molecular complexity index is 241. The first-order chi connectivity index (χ1) is 6.80. The van der Waals surface area contributed by atoms with E-state index < -0.39 is 0 Å². The average Bonchev–Trinajstić information content (AvgIpc) is 2.70. The number of rotatable bonds is 3. The Morgan fingerprint density at radius 2 is 2.50 bits per heavy atom. The van der Waals surface area contributed by atoms with E-state index in [1.165, 1.54) is 6.42 Å². The van der Waals surface area contributed by atoms with Crippen molar-refractivity contribution in [1.82, 2.24) is 4.90 Å². The maximum absolute atomic E-state index is 12.5. The van der Waals surface area contributed by atoms with Crippen molar-refractivity contribution in [2.45, 2.75) is 31.7 Å². The van der Waals surface area contributed by atoms with Crippen molar-refractivity contribution in [3.8, 4) is 0 Å². The maximum atomic E-state index is 12.5. The van der Waals surface area contributed by atoms with Crippen LogP contribution in [0.2, 0.25) is 0 Å². The predicted octanol–water partition coefficient (Wildman–Crippen LogP) is 2.11. The Morgan fingerprint density at radius 3 is 3.21 bits per heavy atom. The molecule has 2 nitrogen and oxygen atoms in total. The Morgan fingerprint density at radius 1 is 1.64 bits per heavy atom. The van der Waals surface area contributed by atoms with Crippen molar-refractivity contribution in [3.63, 3.8) is 0 Å². The second-order valence-corrected chi connectivity index (χ2v) is 4.33. The first-order valence-corrected chi connectivity index (χ1v) is 5.42. The summed E-state index contributed by atoms with van der Waals surface area (Å²) in [6.45, 7) is 5.44. The Hall–Kier alpha value is -0.410. The average molecular weight is 199 g/mol. The summed E-state index contributed by atoms with van der Waals surface area (Å²) < 4.78 is 18.0. The molecule has 2 fully saturated rings. The zero-order valence-electron chi connectivity index (χ0n) is 8.76. The van der Waals surface area contributed by atoms with Gasteiger partial charge in [0.15, 0.2) is 0 Å². The van der Waals surface area contributed by atoms with E-state index in [0.717, 1.165) is 51.0 Å². The second-order valence-electron chi connectivity index (χ2n) is 4.33. The third-order valence-electron chi connectivity index (χ3n) is 3.42. The van der Waals surface area contributed by atoms with Crippen LogP contribution in [0.25, 0.3) is 0 Å². The summed E-state index contributed by atoms with van der Waals surface area (Å²) in [4.78, 5) is 2.38. The van der Waals surface area contributed by atoms with Crippen LogP contribution < -0.4 is 0 Å². The second kappa shape index (κ2) is 3.99. The summed E-state index contributed by atoms with van der Waals surface area (Å²) in [5, 5.41) is 0. The predicted molar refractivity (Wildman–Crippen MR) is 53.8 cm³/mol. The van der Waals surface area contributed by atoms with Gasteiger partial charge in [-0.3, -0.25) is 4.90 Å². The molecule has 0 aromatic heterocycles. The molecule has 0 aromatic rings. The van der Waals surface area contributed by atoms with E-state index in [2.05, 4.69) is 4.90 Å². The minimum atomic E-state index is 0.133. The van der Waals surface area contributed by atoms with E-state index in [1.54, 1.807) is 0 Å². The monoisotopic (exact) mass is 199 g/mol. The van der Waals surface area contributed by atoms with Crippen molar-refractivity contribution in [3.05, 3.63) is 11.9 Å². The molecule has 2 rings (SSSR count). The highest BCUT2D eigenvalue weighted by Crippen LogP contribution is 2.41. The molecule has 0 saturated carbocycles. The van der Waals surface area contributed by atoms with Crippen LogP contribution in [0.5, 0.6) is 0 Å². The molecule has 0 bridgehead atoms. The number of hydrogen-bond donors (Lipinski definition) is 0. The first kappa shape index (κ1) is 10.1. The molecule has 2 heterocycles. The number of nitrogens with zero attached hydrogens (tertiary/aromatic N) is 1. The molecule has 80 valence electrons. The lowest BCUT2D eigenvalue weighted by Gasteiger charge is -2.30. The first-order valence-electron chi connectivity index (χ1n) is 5.42. The standard InChI is InChI=1S/C11H18FNO/c1-2-14-9-11-4-3-5-13(11)8-10(6-11)7-12/h7H,2-6,8-9H2,1H3/b10-7+/t11-/m0/s1.